The average molecular weight is 271 g/mol. The zero-order valence-corrected chi connectivity index (χ0v) is 9.95. The van der Waals surface area contributed by atoms with Crippen molar-refractivity contribution in [3.8, 4) is 6.01 Å². The number of hydrogen-bond acceptors (Lipinski definition) is 4. The highest BCUT2D eigenvalue weighted by Gasteiger charge is 2.11. The number of aromatic nitrogens is 3. The highest BCUT2D eigenvalue weighted by atomic mass is 35.5. The van der Waals surface area contributed by atoms with Gasteiger partial charge in [0.1, 0.15) is 5.82 Å². The van der Waals surface area contributed by atoms with Crippen molar-refractivity contribution in [2.45, 2.75) is 0 Å². The summed E-state index contributed by atoms with van der Waals surface area (Å²) in [5.41, 5.74) is 0.118. The van der Waals surface area contributed by atoms with Gasteiger partial charge >= 0.3 is 6.01 Å². The van der Waals surface area contributed by atoms with E-state index < -0.39 is 11.7 Å². The molecule has 1 aromatic carbocycles. The molecule has 18 heavy (non-hydrogen) atoms. The summed E-state index contributed by atoms with van der Waals surface area (Å²) in [6.45, 7) is 0. The Balaban J connectivity index is 2.14. The molecule has 6 nitrogen and oxygen atoms in total. The highest BCUT2D eigenvalue weighted by molar-refractivity contribution is 6.30. The van der Waals surface area contributed by atoms with Crippen LogP contribution in [0.3, 0.4) is 0 Å². The molecule has 0 aliphatic rings. The second kappa shape index (κ2) is 5.01. The van der Waals surface area contributed by atoms with E-state index in [9.17, 15) is 9.18 Å². The first-order chi connectivity index (χ1) is 8.60. The number of nitrogens with zero attached hydrogens (tertiary/aromatic N) is 2. The van der Waals surface area contributed by atoms with Crippen molar-refractivity contribution in [1.82, 2.24) is 15.2 Å². The van der Waals surface area contributed by atoms with Crippen LogP contribution in [0.4, 0.5) is 10.3 Å². The van der Waals surface area contributed by atoms with Crippen molar-refractivity contribution in [1.29, 1.82) is 0 Å². The maximum atomic E-state index is 13.2. The van der Waals surface area contributed by atoms with Gasteiger partial charge in [0.25, 0.3) is 5.91 Å². The number of methoxy groups -OCH3 is 1. The van der Waals surface area contributed by atoms with E-state index in [2.05, 4.69) is 20.5 Å². The third-order valence-electron chi connectivity index (χ3n) is 2.06. The third-order valence-corrected chi connectivity index (χ3v) is 2.37. The Kier molecular flexibility index (Phi) is 3.42. The van der Waals surface area contributed by atoms with Gasteiger partial charge < -0.3 is 4.74 Å². The number of amides is 1. The molecule has 0 saturated heterocycles. The summed E-state index contributed by atoms with van der Waals surface area (Å²) in [5, 5.41) is 8.44. The number of carbonyl (C=O) groups is 1. The standard InChI is InChI=1S/C10H8ClFN4O2/c1-18-10-14-9(15-16-10)13-8(17)5-2-3-6(11)7(12)4-5/h2-4H,1H3,(H2,13,14,15,16,17). The van der Waals surface area contributed by atoms with Crippen LogP contribution in [-0.2, 0) is 0 Å². The van der Waals surface area contributed by atoms with Gasteiger partial charge in [-0.25, -0.2) is 9.49 Å². The first-order valence-corrected chi connectivity index (χ1v) is 5.20. The minimum atomic E-state index is -0.667. The van der Waals surface area contributed by atoms with E-state index in [0.717, 1.165) is 6.07 Å². The number of halogens is 2. The number of aromatic amines is 1. The Bertz CT molecular complexity index is 587. The van der Waals surface area contributed by atoms with Crippen LogP contribution in [0, 0.1) is 5.82 Å². The SMILES string of the molecule is COc1n[nH]c(NC(=O)c2ccc(Cl)c(F)c2)n1. The Morgan fingerprint density at radius 3 is 2.94 bits per heavy atom. The van der Waals surface area contributed by atoms with E-state index in [4.69, 9.17) is 16.3 Å². The molecule has 2 aromatic rings. The molecule has 0 bridgehead atoms. The first-order valence-electron chi connectivity index (χ1n) is 4.83. The van der Waals surface area contributed by atoms with E-state index in [-0.39, 0.29) is 22.5 Å². The van der Waals surface area contributed by atoms with Gasteiger partial charge in [-0.15, -0.1) is 5.10 Å². The number of H-pyrrole nitrogens is 1. The van der Waals surface area contributed by atoms with Gasteiger partial charge in [0.05, 0.1) is 12.1 Å². The molecule has 94 valence electrons. The van der Waals surface area contributed by atoms with Crippen molar-refractivity contribution in [3.05, 3.63) is 34.6 Å². The highest BCUT2D eigenvalue weighted by Crippen LogP contribution is 2.16. The van der Waals surface area contributed by atoms with Crippen molar-refractivity contribution in [2.75, 3.05) is 12.4 Å². The summed E-state index contributed by atoms with van der Waals surface area (Å²) < 4.78 is 17.9. The average Bonchev–Trinajstić information content (AvgIpc) is 2.80. The van der Waals surface area contributed by atoms with Crippen LogP contribution in [0.1, 0.15) is 10.4 Å². The predicted molar refractivity (Wildman–Crippen MR) is 62.3 cm³/mol. The topological polar surface area (TPSA) is 79.9 Å². The van der Waals surface area contributed by atoms with E-state index in [1.165, 1.54) is 19.2 Å². The van der Waals surface area contributed by atoms with Gasteiger partial charge in [-0.1, -0.05) is 11.6 Å². The summed E-state index contributed by atoms with van der Waals surface area (Å²) in [5.74, 6) is -1.10. The van der Waals surface area contributed by atoms with Crippen LogP contribution in [0.15, 0.2) is 18.2 Å². The van der Waals surface area contributed by atoms with E-state index >= 15 is 0 Å². The number of hydrogen-bond donors (Lipinski definition) is 2. The number of rotatable bonds is 3. The molecule has 1 amide bonds. The Morgan fingerprint density at radius 2 is 2.33 bits per heavy atom. The molecule has 0 spiro atoms. The third kappa shape index (κ3) is 2.57. The molecule has 0 atom stereocenters. The van der Waals surface area contributed by atoms with Crippen LogP contribution in [0.2, 0.25) is 5.02 Å². The van der Waals surface area contributed by atoms with Crippen LogP contribution < -0.4 is 10.1 Å². The van der Waals surface area contributed by atoms with E-state index in [1.807, 2.05) is 0 Å². The summed E-state index contributed by atoms with van der Waals surface area (Å²) in [6, 6.07) is 3.82. The van der Waals surface area contributed by atoms with Crippen LogP contribution in [0.25, 0.3) is 0 Å². The molecule has 0 radical (unpaired) electrons. The molecule has 0 unspecified atom stereocenters. The molecule has 2 N–H and O–H groups in total. The molecule has 0 aliphatic heterocycles. The fourth-order valence-electron chi connectivity index (χ4n) is 1.21. The Hall–Kier alpha value is -2.15. The second-order valence-corrected chi connectivity index (χ2v) is 3.66. The minimum Gasteiger partial charge on any atom is -0.466 e. The molecule has 0 aliphatic carbocycles. The lowest BCUT2D eigenvalue weighted by Crippen LogP contribution is -2.13. The molecule has 8 heteroatoms. The number of nitrogens with one attached hydrogen (secondary N) is 2. The van der Waals surface area contributed by atoms with Crippen molar-refractivity contribution < 1.29 is 13.9 Å². The summed E-state index contributed by atoms with van der Waals surface area (Å²) >= 11 is 5.52. The van der Waals surface area contributed by atoms with Gasteiger partial charge in [-0.2, -0.15) is 4.98 Å². The van der Waals surface area contributed by atoms with Crippen molar-refractivity contribution in [3.63, 3.8) is 0 Å². The van der Waals surface area contributed by atoms with Gasteiger partial charge in [0.15, 0.2) is 0 Å². The van der Waals surface area contributed by atoms with Crippen molar-refractivity contribution >= 4 is 23.5 Å². The fourth-order valence-corrected chi connectivity index (χ4v) is 1.33. The van der Waals surface area contributed by atoms with Gasteiger partial charge in [-0.05, 0) is 18.2 Å². The largest absolute Gasteiger partial charge is 0.466 e. The van der Waals surface area contributed by atoms with E-state index in [0.29, 0.717) is 0 Å². The van der Waals surface area contributed by atoms with Crippen LogP contribution in [-0.4, -0.2) is 28.2 Å². The molecule has 0 saturated carbocycles. The maximum absolute atomic E-state index is 13.2. The predicted octanol–water partition coefficient (Wildman–Crippen LogP) is 1.86. The van der Waals surface area contributed by atoms with Crippen LogP contribution >= 0.6 is 11.6 Å². The number of ether oxygens (including phenoxy) is 1. The van der Waals surface area contributed by atoms with Crippen LogP contribution in [0.5, 0.6) is 6.01 Å². The smallest absolute Gasteiger partial charge is 0.336 e. The number of benzene rings is 1. The second-order valence-electron chi connectivity index (χ2n) is 3.25. The summed E-state index contributed by atoms with van der Waals surface area (Å²) in [6.07, 6.45) is 0. The Labute approximate surface area is 106 Å². The first kappa shape index (κ1) is 12.3. The molecule has 0 fully saturated rings. The number of anilines is 1. The normalized spacial score (nSPS) is 10.2. The van der Waals surface area contributed by atoms with Gasteiger partial charge in [0, 0.05) is 5.56 Å². The van der Waals surface area contributed by atoms with Crippen molar-refractivity contribution in [2.24, 2.45) is 0 Å². The molecule has 1 aromatic heterocycles. The lowest BCUT2D eigenvalue weighted by atomic mass is 10.2. The molecular formula is C10H8ClFN4O2. The Morgan fingerprint density at radius 1 is 1.56 bits per heavy atom. The molecule has 1 heterocycles. The fraction of sp³-hybridized carbons (Fsp3) is 0.100. The van der Waals surface area contributed by atoms with Gasteiger partial charge in [0.2, 0.25) is 5.95 Å². The quantitative estimate of drug-likeness (QED) is 0.892. The molecule has 2 rings (SSSR count). The lowest BCUT2D eigenvalue weighted by molar-refractivity contribution is 0.102. The van der Waals surface area contributed by atoms with Gasteiger partial charge in [-0.3, -0.25) is 10.1 Å². The summed E-state index contributed by atoms with van der Waals surface area (Å²) in [4.78, 5) is 15.5. The lowest BCUT2D eigenvalue weighted by Gasteiger charge is -2.02. The zero-order valence-electron chi connectivity index (χ0n) is 9.20. The minimum absolute atomic E-state index is 0.0483. The van der Waals surface area contributed by atoms with E-state index in [1.54, 1.807) is 0 Å². The molecular weight excluding hydrogens is 263 g/mol. The zero-order chi connectivity index (χ0) is 13.1. The maximum Gasteiger partial charge on any atom is 0.336 e. The number of carbonyl (C=O) groups excluding carboxylic acids is 1. The summed E-state index contributed by atoms with van der Waals surface area (Å²) in [7, 11) is 1.39. The monoisotopic (exact) mass is 270 g/mol.